The van der Waals surface area contributed by atoms with E-state index in [2.05, 4.69) is 32.7 Å². The monoisotopic (exact) mass is 493 g/mol. The summed E-state index contributed by atoms with van der Waals surface area (Å²) in [5.74, 6) is 0.634. The minimum atomic E-state index is -0.479. The fraction of sp³-hybridized carbons (Fsp3) is 0.471. The van der Waals surface area contributed by atoms with Gasteiger partial charge in [0.2, 0.25) is 5.88 Å². The lowest BCUT2D eigenvalue weighted by Crippen LogP contribution is -2.36. The molecule has 0 spiro atoms. The molecule has 0 aliphatic rings. The van der Waals surface area contributed by atoms with E-state index in [1.54, 1.807) is 0 Å². The van der Waals surface area contributed by atoms with E-state index in [9.17, 15) is 4.79 Å². The molecule has 0 radical (unpaired) electrons. The molecule has 0 aliphatic heterocycles. The lowest BCUT2D eigenvalue weighted by atomic mass is 10.1. The van der Waals surface area contributed by atoms with Gasteiger partial charge in [-0.25, -0.2) is 9.67 Å². The van der Waals surface area contributed by atoms with Gasteiger partial charge in [0.25, 0.3) is 5.56 Å². The third-order valence-corrected chi connectivity index (χ3v) is 4.30. The van der Waals surface area contributed by atoms with Crippen molar-refractivity contribution in [2.24, 2.45) is 0 Å². The zero-order valence-electron chi connectivity index (χ0n) is 14.8. The summed E-state index contributed by atoms with van der Waals surface area (Å²) < 4.78 is 13.4. The molecule has 0 saturated heterocycles. The molecule has 0 aromatic carbocycles. The van der Waals surface area contributed by atoms with Crippen molar-refractivity contribution in [3.8, 4) is 11.6 Å². The van der Waals surface area contributed by atoms with Crippen molar-refractivity contribution in [2.75, 3.05) is 13.2 Å². The average molecular weight is 494 g/mol. The number of nitrogens with zero attached hydrogens (tertiary/aromatic N) is 3. The lowest BCUT2D eigenvalue weighted by Gasteiger charge is -2.21. The third-order valence-electron chi connectivity index (χ3n) is 3.35. The summed E-state index contributed by atoms with van der Waals surface area (Å²) in [4.78, 5) is 16.7. The van der Waals surface area contributed by atoms with Crippen LogP contribution >= 0.6 is 34.2 Å². The Labute approximate surface area is 170 Å². The van der Waals surface area contributed by atoms with Crippen LogP contribution in [0, 0.1) is 3.70 Å². The number of rotatable bonds is 7. The number of aliphatic hydroxyl groups excluding tert-OH is 1. The highest BCUT2D eigenvalue weighted by Gasteiger charge is 2.20. The number of hydrogen-bond acceptors (Lipinski definition) is 6. The average Bonchev–Trinajstić information content (AvgIpc) is 2.56. The van der Waals surface area contributed by atoms with Crippen molar-refractivity contribution in [1.29, 1.82) is 0 Å². The Balaban J connectivity index is 2.19. The van der Waals surface area contributed by atoms with Crippen LogP contribution in [0.25, 0.3) is 0 Å². The predicted molar refractivity (Wildman–Crippen MR) is 107 cm³/mol. The topological polar surface area (TPSA) is 86.5 Å². The second-order valence-corrected chi connectivity index (χ2v) is 8.01. The summed E-state index contributed by atoms with van der Waals surface area (Å²) in [7, 11) is 0. The zero-order valence-corrected chi connectivity index (χ0v) is 17.7. The second kappa shape index (κ2) is 9.01. The van der Waals surface area contributed by atoms with Gasteiger partial charge >= 0.3 is 0 Å². The molecule has 0 atom stereocenters. The van der Waals surface area contributed by atoms with Crippen molar-refractivity contribution in [1.82, 2.24) is 14.8 Å². The molecule has 7 nitrogen and oxygen atoms in total. The first-order valence-corrected chi connectivity index (χ1v) is 9.50. The number of halogens is 2. The Hall–Kier alpha value is -1.39. The van der Waals surface area contributed by atoms with E-state index >= 15 is 0 Å². The van der Waals surface area contributed by atoms with E-state index in [1.807, 2.05) is 32.9 Å². The van der Waals surface area contributed by atoms with Gasteiger partial charge in [0, 0.05) is 13.0 Å². The first-order valence-electron chi connectivity index (χ1n) is 8.04. The number of aromatic nitrogens is 3. The molecule has 0 fully saturated rings. The van der Waals surface area contributed by atoms with Gasteiger partial charge in [-0.3, -0.25) is 4.79 Å². The van der Waals surface area contributed by atoms with Crippen molar-refractivity contribution < 1.29 is 14.6 Å². The maximum absolute atomic E-state index is 12.4. The zero-order chi connectivity index (χ0) is 19.3. The van der Waals surface area contributed by atoms with E-state index in [-0.39, 0.29) is 24.0 Å². The molecule has 0 bridgehead atoms. The molecule has 9 heteroatoms. The molecule has 142 valence electrons. The van der Waals surface area contributed by atoms with Crippen LogP contribution in [-0.4, -0.2) is 33.1 Å². The molecule has 2 aromatic heterocycles. The lowest BCUT2D eigenvalue weighted by molar-refractivity contribution is 0.223. The van der Waals surface area contributed by atoms with Crippen LogP contribution in [0.1, 0.15) is 32.8 Å². The van der Waals surface area contributed by atoms with Crippen molar-refractivity contribution in [3.63, 3.8) is 0 Å². The van der Waals surface area contributed by atoms with Gasteiger partial charge in [0.1, 0.15) is 10.3 Å². The molecule has 1 N–H and O–H groups in total. The van der Waals surface area contributed by atoms with E-state index in [4.69, 9.17) is 26.2 Å². The van der Waals surface area contributed by atoms with Crippen LogP contribution < -0.4 is 15.0 Å². The first-order chi connectivity index (χ1) is 12.2. The Bertz CT molecular complexity index is 821. The molecule has 2 aromatic rings. The van der Waals surface area contributed by atoms with Gasteiger partial charge in [0.05, 0.1) is 23.9 Å². The Morgan fingerprint density at radius 1 is 1.31 bits per heavy atom. The second-order valence-electron chi connectivity index (χ2n) is 6.52. The van der Waals surface area contributed by atoms with Crippen molar-refractivity contribution in [3.05, 3.63) is 43.0 Å². The minimum absolute atomic E-state index is 0.0175. The Morgan fingerprint density at radius 3 is 2.69 bits per heavy atom. The quantitative estimate of drug-likeness (QED) is 0.363. The summed E-state index contributed by atoms with van der Waals surface area (Å²) in [5, 5.41) is 13.0. The largest absolute Gasteiger partial charge is 0.485 e. The Morgan fingerprint density at radius 2 is 2.04 bits per heavy atom. The van der Waals surface area contributed by atoms with Crippen LogP contribution in [0.5, 0.6) is 11.6 Å². The highest BCUT2D eigenvalue weighted by Crippen LogP contribution is 2.24. The fourth-order valence-electron chi connectivity index (χ4n) is 2.07. The molecule has 0 saturated carbocycles. The fourth-order valence-corrected chi connectivity index (χ4v) is 2.65. The SMILES string of the molecule is CC(C)(C)n1ncc(OCc2ccc(I)nc2OCCCO)c(Cl)c1=O. The maximum Gasteiger partial charge on any atom is 0.289 e. The highest BCUT2D eigenvalue weighted by molar-refractivity contribution is 14.1. The summed E-state index contributed by atoms with van der Waals surface area (Å²) in [5.41, 5.74) is -0.177. The van der Waals surface area contributed by atoms with Gasteiger partial charge in [-0.1, -0.05) is 11.6 Å². The standard InChI is InChI=1S/C17H21ClIN3O4/c1-17(2,3)22-16(24)14(18)12(9-20-22)26-10-11-5-6-13(19)21-15(11)25-8-4-7-23/h5-6,9,23H,4,7-8,10H2,1-3H3. The van der Waals surface area contributed by atoms with Crippen LogP contribution in [0.2, 0.25) is 5.02 Å². The Kier molecular flexibility index (Phi) is 7.24. The first kappa shape index (κ1) is 20.9. The normalized spacial score (nSPS) is 11.5. The molecule has 2 rings (SSSR count). The summed E-state index contributed by atoms with van der Waals surface area (Å²) in [6, 6.07) is 3.66. The van der Waals surface area contributed by atoms with Gasteiger partial charge in [-0.05, 0) is 55.5 Å². The number of pyridine rings is 1. The van der Waals surface area contributed by atoms with Gasteiger partial charge in [0.15, 0.2) is 10.8 Å². The summed E-state index contributed by atoms with van der Waals surface area (Å²) in [6.07, 6.45) is 1.94. The van der Waals surface area contributed by atoms with E-state index < -0.39 is 11.1 Å². The molecule has 0 unspecified atom stereocenters. The number of ether oxygens (including phenoxy) is 2. The van der Waals surface area contributed by atoms with Gasteiger partial charge < -0.3 is 14.6 Å². The molecular weight excluding hydrogens is 473 g/mol. The van der Waals surface area contributed by atoms with Gasteiger partial charge in [-0.2, -0.15) is 5.10 Å². The van der Waals surface area contributed by atoms with Crippen LogP contribution in [0.4, 0.5) is 0 Å². The van der Waals surface area contributed by atoms with Crippen LogP contribution in [0.3, 0.4) is 0 Å². The molecular formula is C17H21ClIN3O4. The maximum atomic E-state index is 12.4. The number of aliphatic hydroxyl groups is 1. The molecule has 26 heavy (non-hydrogen) atoms. The molecule has 0 amide bonds. The van der Waals surface area contributed by atoms with Crippen LogP contribution in [-0.2, 0) is 12.1 Å². The molecule has 2 heterocycles. The van der Waals surface area contributed by atoms with Crippen molar-refractivity contribution >= 4 is 34.2 Å². The van der Waals surface area contributed by atoms with Crippen molar-refractivity contribution in [2.45, 2.75) is 39.3 Å². The minimum Gasteiger partial charge on any atom is -0.485 e. The summed E-state index contributed by atoms with van der Waals surface area (Å²) >= 11 is 8.25. The predicted octanol–water partition coefficient (Wildman–Crippen LogP) is 2.99. The number of hydrogen-bond donors (Lipinski definition) is 1. The smallest absolute Gasteiger partial charge is 0.289 e. The van der Waals surface area contributed by atoms with E-state index in [0.29, 0.717) is 24.5 Å². The summed E-state index contributed by atoms with van der Waals surface area (Å²) in [6.45, 7) is 6.11. The van der Waals surface area contributed by atoms with E-state index in [1.165, 1.54) is 10.9 Å². The molecule has 0 aliphatic carbocycles. The highest BCUT2D eigenvalue weighted by atomic mass is 127. The van der Waals surface area contributed by atoms with E-state index in [0.717, 1.165) is 3.70 Å². The third kappa shape index (κ3) is 5.31. The van der Waals surface area contributed by atoms with Gasteiger partial charge in [-0.15, -0.1) is 0 Å². The van der Waals surface area contributed by atoms with Crippen LogP contribution in [0.15, 0.2) is 23.1 Å².